The van der Waals surface area contributed by atoms with E-state index in [9.17, 15) is 21.6 Å². The first-order chi connectivity index (χ1) is 10.1. The SMILES string of the molecule is O=C1C2=Cc3cc(S(=O)(=O)Cl)ccc3C2=CC=C1S(=O)(=O)Cl. The molecule has 22 heavy (non-hydrogen) atoms. The van der Waals surface area contributed by atoms with Crippen LogP contribution in [0.5, 0.6) is 0 Å². The van der Waals surface area contributed by atoms with Crippen molar-refractivity contribution in [3.8, 4) is 0 Å². The Morgan fingerprint density at radius 1 is 0.864 bits per heavy atom. The Morgan fingerprint density at radius 2 is 1.55 bits per heavy atom. The second kappa shape index (κ2) is 4.79. The van der Waals surface area contributed by atoms with Gasteiger partial charge in [0, 0.05) is 26.9 Å². The number of hydrogen-bond donors (Lipinski definition) is 0. The third-order valence-electron chi connectivity index (χ3n) is 3.32. The van der Waals surface area contributed by atoms with Crippen LogP contribution in [-0.2, 0) is 22.9 Å². The maximum absolute atomic E-state index is 12.2. The van der Waals surface area contributed by atoms with E-state index >= 15 is 0 Å². The molecule has 3 rings (SSSR count). The lowest BCUT2D eigenvalue weighted by atomic mass is 9.96. The van der Waals surface area contributed by atoms with E-state index in [0.717, 1.165) is 6.08 Å². The summed E-state index contributed by atoms with van der Waals surface area (Å²) in [5.74, 6) is -0.723. The van der Waals surface area contributed by atoms with Gasteiger partial charge in [-0.1, -0.05) is 12.1 Å². The number of fused-ring (bicyclic) bond motifs is 3. The molecule has 0 spiro atoms. The second-order valence-corrected chi connectivity index (χ2v) is 9.72. The van der Waals surface area contributed by atoms with E-state index in [-0.39, 0.29) is 10.5 Å². The number of allylic oxidation sites excluding steroid dienone is 5. The number of rotatable bonds is 2. The molecule has 0 atom stereocenters. The normalized spacial score (nSPS) is 17.4. The molecular weight excluding hydrogens is 371 g/mol. The summed E-state index contributed by atoms with van der Waals surface area (Å²) in [6.07, 6.45) is 4.02. The van der Waals surface area contributed by atoms with Crippen LogP contribution in [0.25, 0.3) is 11.6 Å². The van der Waals surface area contributed by atoms with Crippen LogP contribution in [0.2, 0.25) is 0 Å². The lowest BCUT2D eigenvalue weighted by Crippen LogP contribution is -2.14. The maximum atomic E-state index is 12.2. The Labute approximate surface area is 135 Å². The Bertz CT molecular complexity index is 1030. The maximum Gasteiger partial charge on any atom is 0.265 e. The van der Waals surface area contributed by atoms with Crippen LogP contribution < -0.4 is 0 Å². The minimum atomic E-state index is -4.15. The Balaban J connectivity index is 2.18. The smallest absolute Gasteiger partial charge is 0.265 e. The molecule has 9 heteroatoms. The molecule has 0 aromatic heterocycles. The molecule has 0 unspecified atom stereocenters. The zero-order chi connectivity index (χ0) is 16.3. The van der Waals surface area contributed by atoms with Gasteiger partial charge >= 0.3 is 0 Å². The molecule has 0 heterocycles. The summed E-state index contributed by atoms with van der Waals surface area (Å²) in [7, 11) is 2.46. The van der Waals surface area contributed by atoms with Crippen LogP contribution in [0.4, 0.5) is 0 Å². The molecule has 114 valence electrons. The Morgan fingerprint density at radius 3 is 2.14 bits per heavy atom. The molecule has 0 saturated carbocycles. The molecule has 2 aliphatic carbocycles. The van der Waals surface area contributed by atoms with Crippen molar-refractivity contribution in [1.82, 2.24) is 0 Å². The highest BCUT2D eigenvalue weighted by Crippen LogP contribution is 2.41. The Hall–Kier alpha value is -1.41. The van der Waals surface area contributed by atoms with Gasteiger partial charge in [0.2, 0.25) is 5.78 Å². The summed E-state index contributed by atoms with van der Waals surface area (Å²) in [4.78, 5) is 11.6. The van der Waals surface area contributed by atoms with E-state index in [1.165, 1.54) is 30.4 Å². The first kappa shape index (κ1) is 15.5. The highest BCUT2D eigenvalue weighted by atomic mass is 35.7. The molecule has 0 N–H and O–H groups in total. The molecule has 0 aliphatic heterocycles. The zero-order valence-electron chi connectivity index (χ0n) is 10.6. The number of benzene rings is 1. The highest BCUT2D eigenvalue weighted by Gasteiger charge is 2.33. The van der Waals surface area contributed by atoms with Crippen LogP contribution in [0.15, 0.2) is 45.7 Å². The second-order valence-electron chi connectivity index (χ2n) is 4.62. The van der Waals surface area contributed by atoms with E-state index in [1.54, 1.807) is 0 Å². The third kappa shape index (κ3) is 2.44. The van der Waals surface area contributed by atoms with Gasteiger partial charge in [0.25, 0.3) is 18.1 Å². The molecule has 2 aliphatic rings. The number of carbonyl (C=O) groups excluding carboxylic acids is 1. The monoisotopic (exact) mass is 376 g/mol. The lowest BCUT2D eigenvalue weighted by molar-refractivity contribution is -0.111. The highest BCUT2D eigenvalue weighted by molar-refractivity contribution is 8.17. The molecule has 0 radical (unpaired) electrons. The minimum absolute atomic E-state index is 0.102. The first-order valence-corrected chi connectivity index (χ1v) is 10.4. The van der Waals surface area contributed by atoms with Crippen LogP contribution in [0.3, 0.4) is 0 Å². The van der Waals surface area contributed by atoms with E-state index < -0.39 is 28.8 Å². The van der Waals surface area contributed by atoms with Gasteiger partial charge in [0.1, 0.15) is 4.91 Å². The minimum Gasteiger partial charge on any atom is -0.288 e. The Kier molecular flexibility index (Phi) is 3.37. The van der Waals surface area contributed by atoms with Gasteiger partial charge in [-0.2, -0.15) is 0 Å². The van der Waals surface area contributed by atoms with E-state index in [4.69, 9.17) is 21.4 Å². The number of hydrogen-bond acceptors (Lipinski definition) is 5. The summed E-state index contributed by atoms with van der Waals surface area (Å²) < 4.78 is 45.4. The van der Waals surface area contributed by atoms with Gasteiger partial charge in [0.05, 0.1) is 4.90 Å². The molecule has 5 nitrogen and oxygen atoms in total. The van der Waals surface area contributed by atoms with Gasteiger partial charge < -0.3 is 0 Å². The summed E-state index contributed by atoms with van der Waals surface area (Å²) in [5, 5.41) is 0. The van der Waals surface area contributed by atoms with Gasteiger partial charge in [-0.15, -0.1) is 0 Å². The van der Waals surface area contributed by atoms with Crippen molar-refractivity contribution in [2.24, 2.45) is 0 Å². The van der Waals surface area contributed by atoms with E-state index in [2.05, 4.69) is 0 Å². The van der Waals surface area contributed by atoms with Gasteiger partial charge in [-0.25, -0.2) is 16.8 Å². The zero-order valence-corrected chi connectivity index (χ0v) is 13.7. The van der Waals surface area contributed by atoms with Gasteiger partial charge in [0.15, 0.2) is 0 Å². The average molecular weight is 377 g/mol. The summed E-state index contributed by atoms with van der Waals surface area (Å²) >= 11 is 0. The fraction of sp³-hybridized carbons (Fsp3) is 0. The number of halogens is 2. The molecule has 0 saturated heterocycles. The van der Waals surface area contributed by atoms with Crippen LogP contribution in [0, 0.1) is 0 Å². The standard InChI is InChI=1S/C13H6Cl2O5S2/c14-21(17,18)8-1-2-9-7(5-8)6-11-10(9)3-4-12(13(11)16)22(15,19)20/h1-6H. The van der Waals surface area contributed by atoms with E-state index in [0.29, 0.717) is 16.7 Å². The predicted molar refractivity (Wildman–Crippen MR) is 83.3 cm³/mol. The van der Waals surface area contributed by atoms with E-state index in [1.807, 2.05) is 0 Å². The third-order valence-corrected chi connectivity index (χ3v) is 6.01. The number of ketones is 1. The largest absolute Gasteiger partial charge is 0.288 e. The lowest BCUT2D eigenvalue weighted by Gasteiger charge is -2.11. The molecule has 1 aromatic rings. The van der Waals surface area contributed by atoms with Crippen LogP contribution in [-0.4, -0.2) is 22.6 Å². The summed E-state index contributed by atoms with van der Waals surface area (Å²) in [6, 6.07) is 4.16. The van der Waals surface area contributed by atoms with Crippen LogP contribution in [0.1, 0.15) is 11.1 Å². The fourth-order valence-electron chi connectivity index (χ4n) is 2.36. The van der Waals surface area contributed by atoms with Gasteiger partial charge in [-0.05, 0) is 41.0 Å². The van der Waals surface area contributed by atoms with Crippen LogP contribution >= 0.6 is 21.4 Å². The molecule has 0 fully saturated rings. The fourth-order valence-corrected chi connectivity index (χ4v) is 4.08. The number of Topliss-reactive ketones (excluding diaryl/α,β-unsaturated/α-hetero) is 1. The number of carbonyl (C=O) groups is 1. The van der Waals surface area contributed by atoms with Crippen molar-refractivity contribution in [2.75, 3.05) is 0 Å². The summed E-state index contributed by atoms with van der Waals surface area (Å²) in [5.41, 5.74) is 1.76. The van der Waals surface area contributed by atoms with Crippen molar-refractivity contribution in [3.63, 3.8) is 0 Å². The van der Waals surface area contributed by atoms with Crippen molar-refractivity contribution >= 4 is 56.9 Å². The molecule has 1 aromatic carbocycles. The molecule has 0 bridgehead atoms. The van der Waals surface area contributed by atoms with Crippen molar-refractivity contribution in [1.29, 1.82) is 0 Å². The summed E-state index contributed by atoms with van der Waals surface area (Å²) in [6.45, 7) is 0. The van der Waals surface area contributed by atoms with Gasteiger partial charge in [-0.3, -0.25) is 4.79 Å². The van der Waals surface area contributed by atoms with Crippen molar-refractivity contribution in [3.05, 3.63) is 52.0 Å². The molecular formula is C13H6Cl2O5S2. The van der Waals surface area contributed by atoms with Crippen molar-refractivity contribution in [2.45, 2.75) is 4.90 Å². The molecule has 0 amide bonds. The average Bonchev–Trinajstić information content (AvgIpc) is 2.75. The quantitative estimate of drug-likeness (QED) is 0.739. The first-order valence-electron chi connectivity index (χ1n) is 5.81. The van der Waals surface area contributed by atoms with Crippen molar-refractivity contribution < 1.29 is 21.6 Å². The topological polar surface area (TPSA) is 85.3 Å². The predicted octanol–water partition coefficient (Wildman–Crippen LogP) is 2.43.